The van der Waals surface area contributed by atoms with Gasteiger partial charge in [0.2, 0.25) is 0 Å². The highest BCUT2D eigenvalue weighted by Gasteiger charge is 2.52. The Morgan fingerprint density at radius 3 is 2.62 bits per heavy atom. The van der Waals surface area contributed by atoms with Gasteiger partial charge in [0.05, 0.1) is 11.4 Å². The summed E-state index contributed by atoms with van der Waals surface area (Å²) in [6.45, 7) is 3.16. The number of carbonyl (C=O) groups is 3. The molecule has 0 atom stereocenters. The summed E-state index contributed by atoms with van der Waals surface area (Å²) in [6, 6.07) is 12.8. The summed E-state index contributed by atoms with van der Waals surface area (Å²) in [5, 5.41) is 2.93. The first-order valence-corrected chi connectivity index (χ1v) is 11.6. The van der Waals surface area contributed by atoms with Crippen molar-refractivity contribution in [1.82, 2.24) is 0 Å². The molecule has 8 nitrogen and oxygen atoms in total. The highest BCUT2D eigenvalue weighted by molar-refractivity contribution is 6.15. The maximum absolute atomic E-state index is 13.3. The first-order valence-electron chi connectivity index (χ1n) is 11.6. The lowest BCUT2D eigenvalue weighted by atomic mass is 9.90. The van der Waals surface area contributed by atoms with Gasteiger partial charge in [-0.25, -0.2) is 4.79 Å². The number of ether oxygens (including phenoxy) is 3. The van der Waals surface area contributed by atoms with E-state index in [0.717, 1.165) is 24.8 Å². The summed E-state index contributed by atoms with van der Waals surface area (Å²) in [7, 11) is 0. The first kappa shape index (κ1) is 22.3. The number of fused-ring (bicyclic) bond motifs is 2. The summed E-state index contributed by atoms with van der Waals surface area (Å²) >= 11 is 0. The quantitative estimate of drug-likeness (QED) is 0.680. The number of para-hydroxylation sites is 3. The maximum atomic E-state index is 13.3. The van der Waals surface area contributed by atoms with Crippen molar-refractivity contribution in [2.24, 2.45) is 0 Å². The summed E-state index contributed by atoms with van der Waals surface area (Å²) in [4.78, 5) is 40.2. The zero-order valence-electron chi connectivity index (χ0n) is 19.4. The molecule has 34 heavy (non-hydrogen) atoms. The molecule has 0 radical (unpaired) electrons. The van der Waals surface area contributed by atoms with Gasteiger partial charge in [-0.1, -0.05) is 37.1 Å². The van der Waals surface area contributed by atoms with Gasteiger partial charge in [0.15, 0.2) is 24.7 Å². The largest absolute Gasteiger partial charge is 0.483 e. The van der Waals surface area contributed by atoms with Crippen LogP contribution in [0.1, 0.15) is 45.1 Å². The number of esters is 1. The standard InChI is InChI=1S/C26H28N2O6/c1-25(2)14-17-8-7-11-20(23(17)34-25)32-16-22(30)33-15-21(29)28-19-10-4-3-9-18(19)27-24(31)26(28)12-5-6-13-26/h3-4,7-11H,5-6,12-16H2,1-2H3,(H,27,31). The molecule has 0 saturated heterocycles. The summed E-state index contributed by atoms with van der Waals surface area (Å²) in [6.07, 6.45) is 3.61. The van der Waals surface area contributed by atoms with E-state index in [9.17, 15) is 14.4 Å². The topological polar surface area (TPSA) is 94.2 Å². The molecule has 5 rings (SSSR count). The van der Waals surface area contributed by atoms with E-state index in [4.69, 9.17) is 14.2 Å². The maximum Gasteiger partial charge on any atom is 0.344 e. The number of hydrogen-bond acceptors (Lipinski definition) is 6. The minimum Gasteiger partial charge on any atom is -0.483 e. The predicted octanol–water partition coefficient (Wildman–Crippen LogP) is 3.62. The van der Waals surface area contributed by atoms with Crippen LogP contribution in [-0.4, -0.2) is 42.1 Å². The van der Waals surface area contributed by atoms with Crippen molar-refractivity contribution in [3.63, 3.8) is 0 Å². The van der Waals surface area contributed by atoms with Crippen LogP contribution in [0.15, 0.2) is 42.5 Å². The van der Waals surface area contributed by atoms with Crippen molar-refractivity contribution < 1.29 is 28.6 Å². The van der Waals surface area contributed by atoms with Gasteiger partial charge >= 0.3 is 5.97 Å². The minimum atomic E-state index is -0.941. The molecule has 2 aliphatic heterocycles. The zero-order valence-corrected chi connectivity index (χ0v) is 19.4. The summed E-state index contributed by atoms with van der Waals surface area (Å²) in [5.41, 5.74) is 0.954. The van der Waals surface area contributed by atoms with Gasteiger partial charge in [0, 0.05) is 12.0 Å². The Morgan fingerprint density at radius 2 is 1.82 bits per heavy atom. The molecule has 1 saturated carbocycles. The Balaban J connectivity index is 1.25. The lowest BCUT2D eigenvalue weighted by molar-refractivity contribution is -0.150. The van der Waals surface area contributed by atoms with E-state index in [1.54, 1.807) is 24.3 Å². The first-order chi connectivity index (χ1) is 16.3. The highest BCUT2D eigenvalue weighted by atomic mass is 16.6. The van der Waals surface area contributed by atoms with Crippen LogP contribution in [0, 0.1) is 0 Å². The van der Waals surface area contributed by atoms with Crippen molar-refractivity contribution in [3.05, 3.63) is 48.0 Å². The second-order valence-electron chi connectivity index (χ2n) is 9.67. The van der Waals surface area contributed by atoms with E-state index in [1.807, 2.05) is 32.0 Å². The second kappa shape index (κ2) is 8.34. The fourth-order valence-corrected chi connectivity index (χ4v) is 5.21. The average molecular weight is 465 g/mol. The third-order valence-electron chi connectivity index (χ3n) is 6.68. The smallest absolute Gasteiger partial charge is 0.344 e. The van der Waals surface area contributed by atoms with Crippen LogP contribution < -0.4 is 19.7 Å². The zero-order chi connectivity index (χ0) is 23.9. The molecule has 8 heteroatoms. The van der Waals surface area contributed by atoms with Crippen LogP contribution in [-0.2, 0) is 25.5 Å². The molecule has 1 N–H and O–H groups in total. The van der Waals surface area contributed by atoms with Gasteiger partial charge in [0.25, 0.3) is 11.8 Å². The fraction of sp³-hybridized carbons (Fsp3) is 0.423. The lowest BCUT2D eigenvalue weighted by Crippen LogP contribution is -2.61. The molecule has 2 aromatic rings. The van der Waals surface area contributed by atoms with Crippen LogP contribution in [0.3, 0.4) is 0 Å². The van der Waals surface area contributed by atoms with E-state index >= 15 is 0 Å². The Bertz CT molecular complexity index is 1150. The third kappa shape index (κ3) is 3.87. The normalized spacial score (nSPS) is 19.1. The molecule has 2 aromatic carbocycles. The van der Waals surface area contributed by atoms with E-state index in [1.165, 1.54) is 4.90 Å². The monoisotopic (exact) mass is 464 g/mol. The molecular weight excluding hydrogens is 436 g/mol. The molecule has 1 spiro atoms. The Labute approximate surface area is 198 Å². The summed E-state index contributed by atoms with van der Waals surface area (Å²) < 4.78 is 16.9. The van der Waals surface area contributed by atoms with Crippen molar-refractivity contribution >= 4 is 29.2 Å². The number of hydrogen-bond donors (Lipinski definition) is 1. The fourth-order valence-electron chi connectivity index (χ4n) is 5.21. The summed E-state index contributed by atoms with van der Waals surface area (Å²) in [5.74, 6) is -0.178. The molecule has 2 amide bonds. The van der Waals surface area contributed by atoms with Gasteiger partial charge in [-0.15, -0.1) is 0 Å². The van der Waals surface area contributed by atoms with Gasteiger partial charge in [-0.3, -0.25) is 14.5 Å². The predicted molar refractivity (Wildman–Crippen MR) is 125 cm³/mol. The number of benzene rings is 2. The number of rotatable bonds is 5. The molecule has 3 aliphatic rings. The lowest BCUT2D eigenvalue weighted by Gasteiger charge is -2.44. The van der Waals surface area contributed by atoms with Gasteiger partial charge in [-0.2, -0.15) is 0 Å². The Kier molecular flexibility index (Phi) is 5.46. The van der Waals surface area contributed by atoms with Gasteiger partial charge in [0.1, 0.15) is 11.1 Å². The van der Waals surface area contributed by atoms with Crippen molar-refractivity contribution in [3.8, 4) is 11.5 Å². The third-order valence-corrected chi connectivity index (χ3v) is 6.68. The molecule has 178 valence electrons. The average Bonchev–Trinajstić information content (AvgIpc) is 3.41. The molecule has 1 fully saturated rings. The van der Waals surface area contributed by atoms with E-state index in [-0.39, 0.29) is 18.1 Å². The Morgan fingerprint density at radius 1 is 1.06 bits per heavy atom. The molecule has 0 bridgehead atoms. The number of anilines is 2. The van der Waals surface area contributed by atoms with Gasteiger partial charge in [-0.05, 0) is 44.9 Å². The van der Waals surface area contributed by atoms with Crippen molar-refractivity contribution in [2.75, 3.05) is 23.4 Å². The minimum absolute atomic E-state index is 0.187. The van der Waals surface area contributed by atoms with Crippen LogP contribution in [0.2, 0.25) is 0 Å². The molecule has 0 aromatic heterocycles. The number of nitrogens with zero attached hydrogens (tertiary/aromatic N) is 1. The van der Waals surface area contributed by atoms with Crippen LogP contribution in [0.5, 0.6) is 11.5 Å². The van der Waals surface area contributed by atoms with Gasteiger partial charge < -0.3 is 19.5 Å². The van der Waals surface area contributed by atoms with Crippen LogP contribution in [0.25, 0.3) is 0 Å². The van der Waals surface area contributed by atoms with E-state index < -0.39 is 24.0 Å². The number of amides is 2. The van der Waals surface area contributed by atoms with E-state index in [2.05, 4.69) is 5.32 Å². The molecular formula is C26H28N2O6. The second-order valence-corrected chi connectivity index (χ2v) is 9.67. The number of carbonyl (C=O) groups excluding carboxylic acids is 3. The van der Waals surface area contributed by atoms with Crippen LogP contribution >= 0.6 is 0 Å². The van der Waals surface area contributed by atoms with Crippen molar-refractivity contribution in [1.29, 1.82) is 0 Å². The Hall–Kier alpha value is -3.55. The number of nitrogens with one attached hydrogen (secondary N) is 1. The molecule has 2 heterocycles. The SMILES string of the molecule is CC1(C)Cc2cccc(OCC(=O)OCC(=O)N3c4ccccc4NC(=O)C34CCCC4)c2O1. The molecule has 0 unspecified atom stereocenters. The molecule has 1 aliphatic carbocycles. The van der Waals surface area contributed by atoms with Crippen molar-refractivity contribution in [2.45, 2.75) is 57.1 Å². The van der Waals surface area contributed by atoms with E-state index in [0.29, 0.717) is 35.7 Å². The highest BCUT2D eigenvalue weighted by Crippen LogP contribution is 2.45. The van der Waals surface area contributed by atoms with Crippen LogP contribution in [0.4, 0.5) is 11.4 Å².